The van der Waals surface area contributed by atoms with E-state index < -0.39 is 0 Å². The summed E-state index contributed by atoms with van der Waals surface area (Å²) in [5.74, 6) is 0.314. The van der Waals surface area contributed by atoms with E-state index in [0.717, 1.165) is 21.5 Å². The van der Waals surface area contributed by atoms with Crippen LogP contribution in [0.5, 0.6) is 11.5 Å². The van der Waals surface area contributed by atoms with E-state index in [0.29, 0.717) is 22.5 Å². The summed E-state index contributed by atoms with van der Waals surface area (Å²) in [4.78, 5) is 13.3. The van der Waals surface area contributed by atoms with Gasteiger partial charge in [0, 0.05) is 29.8 Å². The topological polar surface area (TPSA) is 78.1 Å². The second-order valence-corrected chi connectivity index (χ2v) is 7.32. The zero-order valence-electron chi connectivity index (χ0n) is 17.1. The number of hydrogen-bond acceptors (Lipinski definition) is 5. The second kappa shape index (κ2) is 8.32. The highest BCUT2D eigenvalue weighted by molar-refractivity contribution is 6.04. The number of nitrogens with zero attached hydrogens (tertiary/aromatic N) is 3. The van der Waals surface area contributed by atoms with E-state index in [-0.39, 0.29) is 11.5 Å². The van der Waals surface area contributed by atoms with E-state index in [4.69, 9.17) is 0 Å². The average Bonchev–Trinajstić information content (AvgIpc) is 2.83. The third-order valence-electron chi connectivity index (χ3n) is 5.34. The van der Waals surface area contributed by atoms with Gasteiger partial charge in [-0.3, -0.25) is 15.0 Å². The van der Waals surface area contributed by atoms with Gasteiger partial charge in [-0.05, 0) is 39.7 Å². The fourth-order valence-corrected chi connectivity index (χ4v) is 3.70. The van der Waals surface area contributed by atoms with Gasteiger partial charge in [0.25, 0.3) is 0 Å². The first-order chi connectivity index (χ1) is 15.7. The highest BCUT2D eigenvalue weighted by Crippen LogP contribution is 2.31. The summed E-state index contributed by atoms with van der Waals surface area (Å²) in [5, 5.41) is 24.6. The molecular formula is C27H19N3O2. The molecule has 0 saturated carbocycles. The molecule has 1 aromatic heterocycles. The zero-order chi connectivity index (χ0) is 21.9. The summed E-state index contributed by atoms with van der Waals surface area (Å²) >= 11 is 0. The van der Waals surface area contributed by atoms with Gasteiger partial charge in [0.1, 0.15) is 17.2 Å². The Labute approximate surface area is 184 Å². The lowest BCUT2D eigenvalue weighted by Crippen LogP contribution is -1.87. The van der Waals surface area contributed by atoms with Crippen molar-refractivity contribution in [1.29, 1.82) is 0 Å². The molecule has 5 heteroatoms. The molecule has 0 fully saturated rings. The third kappa shape index (κ3) is 3.68. The molecule has 154 valence electrons. The molecule has 5 aromatic rings. The van der Waals surface area contributed by atoms with Gasteiger partial charge in [0.2, 0.25) is 0 Å². The largest absolute Gasteiger partial charge is 0.507 e. The van der Waals surface area contributed by atoms with Crippen molar-refractivity contribution in [3.05, 3.63) is 102 Å². The maximum absolute atomic E-state index is 10.4. The fourth-order valence-electron chi connectivity index (χ4n) is 3.70. The molecule has 0 saturated heterocycles. The van der Waals surface area contributed by atoms with E-state index in [1.165, 1.54) is 0 Å². The minimum atomic E-state index is 0.155. The standard InChI is InChI=1S/C27H19N3O2/c31-26-11-9-18-5-1-3-7-20(18)22(26)15-29-24-13-14-28-17-25(24)30-16-23-21-8-4-2-6-19(21)10-12-27(23)32/h1-17,31-32H. The normalized spacial score (nSPS) is 11.8. The van der Waals surface area contributed by atoms with Gasteiger partial charge >= 0.3 is 0 Å². The SMILES string of the molecule is Oc1ccc2ccccc2c1C=Nc1ccncc1N=Cc1c(O)ccc2ccccc12. The van der Waals surface area contributed by atoms with Crippen molar-refractivity contribution in [1.82, 2.24) is 4.98 Å². The average molecular weight is 417 g/mol. The van der Waals surface area contributed by atoms with Crippen LogP contribution in [0.3, 0.4) is 0 Å². The molecule has 0 aliphatic carbocycles. The quantitative estimate of drug-likeness (QED) is 0.337. The van der Waals surface area contributed by atoms with Gasteiger partial charge in [0.05, 0.1) is 11.9 Å². The molecule has 0 spiro atoms. The molecule has 0 aliphatic heterocycles. The van der Waals surface area contributed by atoms with Crippen LogP contribution < -0.4 is 0 Å². The molecule has 0 amide bonds. The first-order valence-corrected chi connectivity index (χ1v) is 10.1. The molecular weight excluding hydrogens is 398 g/mol. The van der Waals surface area contributed by atoms with Crippen molar-refractivity contribution < 1.29 is 10.2 Å². The number of rotatable bonds is 4. The van der Waals surface area contributed by atoms with Crippen molar-refractivity contribution in [3.63, 3.8) is 0 Å². The number of pyridine rings is 1. The van der Waals surface area contributed by atoms with Gasteiger partial charge in [0.15, 0.2) is 0 Å². The number of aliphatic imine (C=N–C) groups is 2. The molecule has 32 heavy (non-hydrogen) atoms. The van der Waals surface area contributed by atoms with Crippen LogP contribution in [0.4, 0.5) is 11.4 Å². The lowest BCUT2D eigenvalue weighted by molar-refractivity contribution is 0.475. The van der Waals surface area contributed by atoms with Gasteiger partial charge in [-0.1, -0.05) is 60.7 Å². The molecule has 5 rings (SSSR count). The van der Waals surface area contributed by atoms with Gasteiger partial charge in [-0.2, -0.15) is 0 Å². The molecule has 1 heterocycles. The van der Waals surface area contributed by atoms with Crippen molar-refractivity contribution in [2.24, 2.45) is 9.98 Å². The maximum atomic E-state index is 10.4. The van der Waals surface area contributed by atoms with Crippen LogP contribution in [0.1, 0.15) is 11.1 Å². The summed E-state index contributed by atoms with van der Waals surface area (Å²) < 4.78 is 0. The zero-order valence-corrected chi connectivity index (χ0v) is 17.1. The highest BCUT2D eigenvalue weighted by Gasteiger charge is 2.07. The Hall–Kier alpha value is -4.51. The van der Waals surface area contributed by atoms with Crippen molar-refractivity contribution in [2.75, 3.05) is 0 Å². The first-order valence-electron chi connectivity index (χ1n) is 10.1. The van der Waals surface area contributed by atoms with Crippen molar-refractivity contribution in [3.8, 4) is 11.5 Å². The summed E-state index contributed by atoms with van der Waals surface area (Å²) in [6, 6.07) is 24.5. The van der Waals surface area contributed by atoms with Gasteiger partial charge < -0.3 is 10.2 Å². The predicted molar refractivity (Wildman–Crippen MR) is 130 cm³/mol. The number of hydrogen-bond donors (Lipinski definition) is 2. The Morgan fingerprint density at radius 1 is 0.594 bits per heavy atom. The molecule has 5 nitrogen and oxygen atoms in total. The Morgan fingerprint density at radius 3 is 1.72 bits per heavy atom. The lowest BCUT2D eigenvalue weighted by Gasteiger charge is -2.06. The van der Waals surface area contributed by atoms with E-state index in [1.807, 2.05) is 60.7 Å². The van der Waals surface area contributed by atoms with Crippen LogP contribution in [0, 0.1) is 0 Å². The highest BCUT2D eigenvalue weighted by atomic mass is 16.3. The minimum absolute atomic E-state index is 0.155. The van der Waals surface area contributed by atoms with E-state index in [1.54, 1.807) is 43.0 Å². The minimum Gasteiger partial charge on any atom is -0.507 e. The summed E-state index contributed by atoms with van der Waals surface area (Å²) in [5.41, 5.74) is 2.43. The molecule has 0 aliphatic rings. The summed E-state index contributed by atoms with van der Waals surface area (Å²) in [6.45, 7) is 0. The van der Waals surface area contributed by atoms with Crippen LogP contribution in [0.25, 0.3) is 21.5 Å². The molecule has 0 unspecified atom stereocenters. The smallest absolute Gasteiger partial charge is 0.124 e. The molecule has 2 N–H and O–H groups in total. The number of fused-ring (bicyclic) bond motifs is 2. The summed E-state index contributed by atoms with van der Waals surface area (Å²) in [6.07, 6.45) is 6.53. The molecule has 4 aromatic carbocycles. The number of phenolic OH excluding ortho intramolecular Hbond substituents is 2. The molecule has 0 bridgehead atoms. The molecule has 0 atom stereocenters. The Morgan fingerprint density at radius 2 is 1.12 bits per heavy atom. The third-order valence-corrected chi connectivity index (χ3v) is 5.34. The van der Waals surface area contributed by atoms with Crippen LogP contribution in [-0.2, 0) is 0 Å². The van der Waals surface area contributed by atoms with Crippen molar-refractivity contribution >= 4 is 45.3 Å². The number of aromatic hydroxyl groups is 2. The van der Waals surface area contributed by atoms with Gasteiger partial charge in [-0.15, -0.1) is 0 Å². The Kier molecular flexibility index (Phi) is 5.06. The Balaban J connectivity index is 1.54. The second-order valence-electron chi connectivity index (χ2n) is 7.32. The first kappa shape index (κ1) is 19.5. The summed E-state index contributed by atoms with van der Waals surface area (Å²) in [7, 11) is 0. The van der Waals surface area contributed by atoms with Crippen LogP contribution in [-0.4, -0.2) is 27.6 Å². The van der Waals surface area contributed by atoms with Gasteiger partial charge in [-0.25, -0.2) is 0 Å². The van der Waals surface area contributed by atoms with Crippen LogP contribution >= 0.6 is 0 Å². The predicted octanol–water partition coefficient (Wildman–Crippen LogP) is 6.30. The van der Waals surface area contributed by atoms with Crippen LogP contribution in [0.2, 0.25) is 0 Å². The number of phenols is 2. The van der Waals surface area contributed by atoms with E-state index >= 15 is 0 Å². The number of aromatic nitrogens is 1. The van der Waals surface area contributed by atoms with E-state index in [2.05, 4.69) is 15.0 Å². The number of benzene rings is 4. The lowest BCUT2D eigenvalue weighted by atomic mass is 10.0. The van der Waals surface area contributed by atoms with Crippen molar-refractivity contribution in [2.45, 2.75) is 0 Å². The monoisotopic (exact) mass is 417 g/mol. The molecule has 0 radical (unpaired) electrons. The fraction of sp³-hybridized carbons (Fsp3) is 0. The van der Waals surface area contributed by atoms with Crippen LogP contribution in [0.15, 0.2) is 101 Å². The maximum Gasteiger partial charge on any atom is 0.124 e. The Bertz CT molecular complexity index is 1390. The van der Waals surface area contributed by atoms with E-state index in [9.17, 15) is 10.2 Å².